The minimum atomic E-state index is -0.373. The lowest BCUT2D eigenvalue weighted by Gasteiger charge is -2.05. The molecule has 124 valence electrons. The molecule has 10 heteroatoms. The Hall–Kier alpha value is -2.75. The summed E-state index contributed by atoms with van der Waals surface area (Å²) in [7, 11) is 1.75. The van der Waals surface area contributed by atoms with Crippen LogP contribution in [-0.4, -0.2) is 48.6 Å². The fourth-order valence-electron chi connectivity index (χ4n) is 2.07. The van der Waals surface area contributed by atoms with Crippen LogP contribution in [0.2, 0.25) is 0 Å². The number of H-pyrrole nitrogens is 1. The lowest BCUT2D eigenvalue weighted by Crippen LogP contribution is -2.26. The Morgan fingerprint density at radius 3 is 3.08 bits per heavy atom. The van der Waals surface area contributed by atoms with Crippen LogP contribution in [-0.2, 0) is 7.05 Å². The summed E-state index contributed by atoms with van der Waals surface area (Å²) in [6, 6.07) is 5.99. The quantitative estimate of drug-likeness (QED) is 0.514. The average molecular weight is 347 g/mol. The number of nitrogens with one attached hydrogen (secondary N) is 2. The van der Waals surface area contributed by atoms with Gasteiger partial charge < -0.3 is 5.32 Å². The number of tetrazole rings is 1. The molecule has 0 atom stereocenters. The zero-order valence-electron chi connectivity index (χ0n) is 12.7. The number of hydrogen-bond donors (Lipinski definition) is 2. The highest BCUT2D eigenvalue weighted by Gasteiger charge is 2.15. The van der Waals surface area contributed by atoms with Gasteiger partial charge >= 0.3 is 0 Å². The van der Waals surface area contributed by atoms with E-state index in [-0.39, 0.29) is 11.7 Å². The topological polar surface area (TPSA) is 101 Å². The molecule has 0 spiro atoms. The van der Waals surface area contributed by atoms with Crippen LogP contribution in [0.25, 0.3) is 11.3 Å². The van der Waals surface area contributed by atoms with Crippen molar-refractivity contribution in [3.63, 3.8) is 0 Å². The van der Waals surface area contributed by atoms with Gasteiger partial charge in [0.1, 0.15) is 5.82 Å². The molecule has 2 heterocycles. The molecule has 1 aromatic carbocycles. The molecule has 0 saturated carbocycles. The molecule has 0 bridgehead atoms. The van der Waals surface area contributed by atoms with Crippen LogP contribution in [0.15, 0.2) is 35.6 Å². The van der Waals surface area contributed by atoms with Crippen LogP contribution in [0.3, 0.4) is 0 Å². The fraction of sp³-hybridized carbons (Fsp3) is 0.214. The minimum Gasteiger partial charge on any atom is -0.351 e. The van der Waals surface area contributed by atoms with E-state index in [4.69, 9.17) is 0 Å². The summed E-state index contributed by atoms with van der Waals surface area (Å²) in [5.74, 6) is -0.0329. The second-order valence-electron chi connectivity index (χ2n) is 4.86. The number of hydrogen-bond acceptors (Lipinski definition) is 6. The highest BCUT2D eigenvalue weighted by atomic mass is 32.2. The number of aryl methyl sites for hydroxylation is 1. The van der Waals surface area contributed by atoms with Crippen LogP contribution >= 0.6 is 11.8 Å². The lowest BCUT2D eigenvalue weighted by atomic mass is 10.1. The van der Waals surface area contributed by atoms with Crippen LogP contribution in [0.5, 0.6) is 0 Å². The molecule has 3 aromatic rings. The van der Waals surface area contributed by atoms with Crippen LogP contribution in [0.4, 0.5) is 4.39 Å². The van der Waals surface area contributed by atoms with E-state index in [1.165, 1.54) is 30.1 Å². The van der Waals surface area contributed by atoms with Gasteiger partial charge in [0.05, 0.1) is 17.5 Å². The number of aromatic amines is 1. The number of nitrogens with zero attached hydrogens (tertiary/aromatic N) is 5. The molecule has 0 aliphatic carbocycles. The molecule has 0 radical (unpaired) electrons. The van der Waals surface area contributed by atoms with Gasteiger partial charge in [-0.3, -0.25) is 9.89 Å². The molecule has 1 amide bonds. The van der Waals surface area contributed by atoms with Crippen molar-refractivity contribution in [3.8, 4) is 11.3 Å². The van der Waals surface area contributed by atoms with Gasteiger partial charge in [-0.2, -0.15) is 5.10 Å². The molecular formula is C14H14FN7OS. The third-order valence-electron chi connectivity index (χ3n) is 3.20. The van der Waals surface area contributed by atoms with E-state index >= 15 is 0 Å². The van der Waals surface area contributed by atoms with Crippen molar-refractivity contribution in [2.24, 2.45) is 7.05 Å². The zero-order chi connectivity index (χ0) is 16.9. The molecule has 0 unspecified atom stereocenters. The van der Waals surface area contributed by atoms with E-state index < -0.39 is 0 Å². The first-order valence-electron chi connectivity index (χ1n) is 7.08. The highest BCUT2D eigenvalue weighted by molar-refractivity contribution is 7.99. The Bertz CT molecular complexity index is 847. The molecule has 24 heavy (non-hydrogen) atoms. The third kappa shape index (κ3) is 3.59. The van der Waals surface area contributed by atoms with Crippen molar-refractivity contribution in [1.29, 1.82) is 0 Å². The van der Waals surface area contributed by atoms with Gasteiger partial charge in [-0.25, -0.2) is 9.07 Å². The Balaban J connectivity index is 1.60. The van der Waals surface area contributed by atoms with E-state index in [2.05, 4.69) is 31.0 Å². The highest BCUT2D eigenvalue weighted by Crippen LogP contribution is 2.21. The zero-order valence-corrected chi connectivity index (χ0v) is 13.5. The molecule has 0 aliphatic rings. The average Bonchev–Trinajstić information content (AvgIpc) is 3.20. The van der Waals surface area contributed by atoms with Gasteiger partial charge in [-0.15, -0.1) is 5.10 Å². The predicted octanol–water partition coefficient (Wildman–Crippen LogP) is 1.26. The summed E-state index contributed by atoms with van der Waals surface area (Å²) in [6.45, 7) is 0.435. The summed E-state index contributed by atoms with van der Waals surface area (Å²) in [5, 5.41) is 21.2. The van der Waals surface area contributed by atoms with E-state index in [0.29, 0.717) is 34.3 Å². The summed E-state index contributed by atoms with van der Waals surface area (Å²) in [4.78, 5) is 12.3. The second kappa shape index (κ2) is 7.21. The van der Waals surface area contributed by atoms with Crippen molar-refractivity contribution >= 4 is 17.7 Å². The van der Waals surface area contributed by atoms with E-state index in [1.54, 1.807) is 23.9 Å². The number of halogens is 1. The van der Waals surface area contributed by atoms with Crippen LogP contribution in [0.1, 0.15) is 10.4 Å². The SMILES string of the molecule is Cn1nnnc1SCCNC(=O)c1cn[nH]c1-c1cccc(F)c1. The van der Waals surface area contributed by atoms with Gasteiger partial charge in [0.15, 0.2) is 0 Å². The normalized spacial score (nSPS) is 10.8. The molecule has 0 aliphatic heterocycles. The Kier molecular flexibility index (Phi) is 4.85. The summed E-state index contributed by atoms with van der Waals surface area (Å²) in [6.07, 6.45) is 1.43. The molecule has 2 aromatic heterocycles. The maximum atomic E-state index is 13.4. The van der Waals surface area contributed by atoms with Crippen LogP contribution in [0, 0.1) is 5.82 Å². The molecule has 0 saturated heterocycles. The maximum absolute atomic E-state index is 13.4. The first-order valence-corrected chi connectivity index (χ1v) is 8.06. The van der Waals surface area contributed by atoms with Gasteiger partial charge in [0, 0.05) is 24.9 Å². The molecule has 0 fully saturated rings. The number of carbonyl (C=O) groups is 1. The van der Waals surface area contributed by atoms with Gasteiger partial charge in [-0.05, 0) is 22.6 Å². The van der Waals surface area contributed by atoms with Crippen LogP contribution < -0.4 is 5.32 Å². The smallest absolute Gasteiger partial charge is 0.255 e. The Morgan fingerprint density at radius 2 is 2.33 bits per heavy atom. The number of aromatic nitrogens is 6. The number of benzene rings is 1. The number of rotatable bonds is 6. The number of amides is 1. The Labute approximate surface area is 140 Å². The van der Waals surface area contributed by atoms with Gasteiger partial charge in [-0.1, -0.05) is 23.9 Å². The van der Waals surface area contributed by atoms with Crippen molar-refractivity contribution in [3.05, 3.63) is 41.8 Å². The first kappa shape index (κ1) is 16.1. The standard InChI is InChI=1S/C14H14FN7OS/c1-22-14(19-20-21-22)24-6-5-16-13(23)11-8-17-18-12(11)9-3-2-4-10(15)7-9/h2-4,7-8H,5-6H2,1H3,(H,16,23)(H,17,18). The largest absolute Gasteiger partial charge is 0.351 e. The number of thioether (sulfide) groups is 1. The maximum Gasteiger partial charge on any atom is 0.255 e. The van der Waals surface area contributed by atoms with E-state index in [0.717, 1.165) is 0 Å². The Morgan fingerprint density at radius 1 is 1.46 bits per heavy atom. The minimum absolute atomic E-state index is 0.278. The van der Waals surface area contributed by atoms with E-state index in [1.807, 2.05) is 0 Å². The monoisotopic (exact) mass is 347 g/mol. The van der Waals surface area contributed by atoms with Crippen molar-refractivity contribution < 1.29 is 9.18 Å². The molecule has 3 rings (SSSR count). The molecule has 8 nitrogen and oxygen atoms in total. The van der Waals surface area contributed by atoms with E-state index in [9.17, 15) is 9.18 Å². The van der Waals surface area contributed by atoms with Crippen molar-refractivity contribution in [2.75, 3.05) is 12.3 Å². The summed E-state index contributed by atoms with van der Waals surface area (Å²) in [5.41, 5.74) is 1.42. The summed E-state index contributed by atoms with van der Waals surface area (Å²) >= 11 is 1.43. The predicted molar refractivity (Wildman–Crippen MR) is 85.8 cm³/mol. The first-order chi connectivity index (χ1) is 11.6. The lowest BCUT2D eigenvalue weighted by molar-refractivity contribution is 0.0957. The fourth-order valence-corrected chi connectivity index (χ4v) is 2.77. The van der Waals surface area contributed by atoms with Gasteiger partial charge in [0.25, 0.3) is 5.91 Å². The van der Waals surface area contributed by atoms with Gasteiger partial charge in [0.2, 0.25) is 5.16 Å². The van der Waals surface area contributed by atoms with Crippen molar-refractivity contribution in [1.82, 2.24) is 35.7 Å². The third-order valence-corrected chi connectivity index (χ3v) is 4.21. The number of carbonyl (C=O) groups excluding carboxylic acids is 1. The second-order valence-corrected chi connectivity index (χ2v) is 5.92. The molecule has 2 N–H and O–H groups in total. The summed E-state index contributed by atoms with van der Waals surface area (Å²) < 4.78 is 14.9. The molecular weight excluding hydrogens is 333 g/mol. The van der Waals surface area contributed by atoms with Crippen molar-refractivity contribution in [2.45, 2.75) is 5.16 Å².